The number of carbonyl (C=O) groups is 1. The van der Waals surface area contributed by atoms with Gasteiger partial charge in [0.1, 0.15) is 5.75 Å². The van der Waals surface area contributed by atoms with E-state index in [-0.39, 0.29) is 17.6 Å². The standard InChI is InChI=1S/C13H19NO3/c1-9-4-5-11(12(15)6-9)13(16)14-7-10(2)8-17-3/h4-6,10,15H,7-8H2,1-3H3,(H,14,16). The molecule has 1 amide bonds. The molecule has 1 unspecified atom stereocenters. The zero-order chi connectivity index (χ0) is 12.8. The summed E-state index contributed by atoms with van der Waals surface area (Å²) in [4.78, 5) is 11.8. The lowest BCUT2D eigenvalue weighted by atomic mass is 10.1. The van der Waals surface area contributed by atoms with Gasteiger partial charge in [-0.3, -0.25) is 4.79 Å². The van der Waals surface area contributed by atoms with Crippen LogP contribution in [0.2, 0.25) is 0 Å². The number of aromatic hydroxyl groups is 1. The SMILES string of the molecule is COCC(C)CNC(=O)c1ccc(C)cc1O. The minimum atomic E-state index is -0.259. The number of amides is 1. The highest BCUT2D eigenvalue weighted by Crippen LogP contribution is 2.18. The Kier molecular flexibility index (Phi) is 4.97. The fourth-order valence-electron chi connectivity index (χ4n) is 1.54. The van der Waals surface area contributed by atoms with E-state index in [9.17, 15) is 9.90 Å². The van der Waals surface area contributed by atoms with Crippen LogP contribution in [-0.4, -0.2) is 31.3 Å². The molecule has 0 aliphatic carbocycles. The fraction of sp³-hybridized carbons (Fsp3) is 0.462. The zero-order valence-electron chi connectivity index (χ0n) is 10.5. The molecular weight excluding hydrogens is 218 g/mol. The molecule has 4 nitrogen and oxygen atoms in total. The van der Waals surface area contributed by atoms with Crippen LogP contribution in [-0.2, 0) is 4.74 Å². The van der Waals surface area contributed by atoms with Crippen molar-refractivity contribution < 1.29 is 14.6 Å². The molecule has 2 N–H and O–H groups in total. The third-order valence-corrected chi connectivity index (χ3v) is 2.46. The molecule has 0 heterocycles. The maximum Gasteiger partial charge on any atom is 0.255 e. The van der Waals surface area contributed by atoms with E-state index >= 15 is 0 Å². The van der Waals surface area contributed by atoms with Gasteiger partial charge in [0.05, 0.1) is 12.2 Å². The predicted molar refractivity (Wildman–Crippen MR) is 66.2 cm³/mol. The lowest BCUT2D eigenvalue weighted by molar-refractivity contribution is 0.0931. The smallest absolute Gasteiger partial charge is 0.255 e. The van der Waals surface area contributed by atoms with Crippen LogP contribution in [0, 0.1) is 12.8 Å². The minimum absolute atomic E-state index is 0.0156. The Morgan fingerprint density at radius 1 is 1.53 bits per heavy atom. The molecule has 17 heavy (non-hydrogen) atoms. The zero-order valence-corrected chi connectivity index (χ0v) is 10.5. The van der Waals surface area contributed by atoms with Gasteiger partial charge in [0.25, 0.3) is 5.91 Å². The van der Waals surface area contributed by atoms with E-state index in [0.29, 0.717) is 18.7 Å². The second kappa shape index (κ2) is 6.25. The maximum absolute atomic E-state index is 11.8. The number of ether oxygens (including phenoxy) is 1. The second-order valence-electron chi connectivity index (χ2n) is 4.29. The van der Waals surface area contributed by atoms with Crippen LogP contribution in [0.4, 0.5) is 0 Å². The van der Waals surface area contributed by atoms with Crippen LogP contribution < -0.4 is 5.32 Å². The molecule has 1 atom stereocenters. The van der Waals surface area contributed by atoms with Gasteiger partial charge in [0.2, 0.25) is 0 Å². The summed E-state index contributed by atoms with van der Waals surface area (Å²) in [6, 6.07) is 5.00. The van der Waals surface area contributed by atoms with Crippen molar-refractivity contribution in [2.75, 3.05) is 20.3 Å². The molecule has 0 saturated carbocycles. The summed E-state index contributed by atoms with van der Waals surface area (Å²) in [6.45, 7) is 4.97. The van der Waals surface area contributed by atoms with E-state index in [0.717, 1.165) is 5.56 Å². The summed E-state index contributed by atoms with van der Waals surface area (Å²) < 4.78 is 4.98. The first-order valence-corrected chi connectivity index (χ1v) is 5.61. The van der Waals surface area contributed by atoms with Crippen molar-refractivity contribution in [3.05, 3.63) is 29.3 Å². The molecule has 1 aromatic rings. The second-order valence-corrected chi connectivity index (χ2v) is 4.29. The lowest BCUT2D eigenvalue weighted by Gasteiger charge is -2.12. The van der Waals surface area contributed by atoms with Crippen molar-refractivity contribution in [3.8, 4) is 5.75 Å². The van der Waals surface area contributed by atoms with Crippen LogP contribution >= 0.6 is 0 Å². The summed E-state index contributed by atoms with van der Waals surface area (Å²) in [5, 5.41) is 12.4. The van der Waals surface area contributed by atoms with E-state index in [2.05, 4.69) is 5.32 Å². The fourth-order valence-corrected chi connectivity index (χ4v) is 1.54. The van der Waals surface area contributed by atoms with E-state index < -0.39 is 0 Å². The molecule has 1 rings (SSSR count). The Morgan fingerprint density at radius 3 is 2.82 bits per heavy atom. The maximum atomic E-state index is 11.8. The van der Waals surface area contributed by atoms with E-state index in [1.54, 1.807) is 25.3 Å². The highest BCUT2D eigenvalue weighted by atomic mass is 16.5. The molecule has 0 saturated heterocycles. The number of hydrogen-bond acceptors (Lipinski definition) is 3. The summed E-state index contributed by atoms with van der Waals surface area (Å²) in [6.07, 6.45) is 0. The molecule has 94 valence electrons. The number of phenolic OH excluding ortho intramolecular Hbond substituents is 1. The first kappa shape index (κ1) is 13.5. The molecule has 0 aromatic heterocycles. The molecule has 0 aliphatic rings. The summed E-state index contributed by atoms with van der Waals surface area (Å²) in [7, 11) is 1.63. The number of nitrogens with one attached hydrogen (secondary N) is 1. The predicted octanol–water partition coefficient (Wildman–Crippen LogP) is 1.71. The van der Waals surface area contributed by atoms with Crippen LogP contribution in [0.1, 0.15) is 22.8 Å². The Bertz CT molecular complexity index is 390. The molecule has 1 aromatic carbocycles. The van der Waals surface area contributed by atoms with Crippen LogP contribution in [0.15, 0.2) is 18.2 Å². The van der Waals surface area contributed by atoms with Gasteiger partial charge < -0.3 is 15.2 Å². The van der Waals surface area contributed by atoms with Gasteiger partial charge in [-0.25, -0.2) is 0 Å². The Morgan fingerprint density at radius 2 is 2.24 bits per heavy atom. The number of carbonyl (C=O) groups excluding carboxylic acids is 1. The Balaban J connectivity index is 2.58. The Labute approximate surface area is 102 Å². The molecule has 0 spiro atoms. The summed E-state index contributed by atoms with van der Waals surface area (Å²) >= 11 is 0. The normalized spacial score (nSPS) is 12.2. The van der Waals surface area contributed by atoms with Crippen molar-refractivity contribution in [3.63, 3.8) is 0 Å². The average Bonchev–Trinajstić information content (AvgIpc) is 2.26. The number of benzene rings is 1. The number of aryl methyl sites for hydroxylation is 1. The van der Waals surface area contributed by atoms with Crippen molar-refractivity contribution in [1.82, 2.24) is 5.32 Å². The van der Waals surface area contributed by atoms with Gasteiger partial charge in [-0.05, 0) is 30.5 Å². The molecule has 4 heteroatoms. The van der Waals surface area contributed by atoms with Gasteiger partial charge in [0, 0.05) is 13.7 Å². The van der Waals surface area contributed by atoms with Gasteiger partial charge in [0.15, 0.2) is 0 Å². The minimum Gasteiger partial charge on any atom is -0.507 e. The van der Waals surface area contributed by atoms with E-state index in [1.165, 1.54) is 0 Å². The molecule has 0 radical (unpaired) electrons. The van der Waals surface area contributed by atoms with Crippen molar-refractivity contribution in [2.24, 2.45) is 5.92 Å². The van der Waals surface area contributed by atoms with Crippen LogP contribution in [0.25, 0.3) is 0 Å². The van der Waals surface area contributed by atoms with Gasteiger partial charge in [-0.15, -0.1) is 0 Å². The number of methoxy groups -OCH3 is 1. The quantitative estimate of drug-likeness (QED) is 0.819. The van der Waals surface area contributed by atoms with Gasteiger partial charge >= 0.3 is 0 Å². The lowest BCUT2D eigenvalue weighted by Crippen LogP contribution is -2.29. The third-order valence-electron chi connectivity index (χ3n) is 2.46. The average molecular weight is 237 g/mol. The van der Waals surface area contributed by atoms with Crippen LogP contribution in [0.5, 0.6) is 5.75 Å². The van der Waals surface area contributed by atoms with Crippen LogP contribution in [0.3, 0.4) is 0 Å². The molecule has 0 fully saturated rings. The van der Waals surface area contributed by atoms with Crippen molar-refractivity contribution >= 4 is 5.91 Å². The highest BCUT2D eigenvalue weighted by Gasteiger charge is 2.11. The number of rotatable bonds is 5. The molecular formula is C13H19NO3. The largest absolute Gasteiger partial charge is 0.507 e. The molecule has 0 bridgehead atoms. The van der Waals surface area contributed by atoms with E-state index in [4.69, 9.17) is 4.74 Å². The van der Waals surface area contributed by atoms with Gasteiger partial charge in [-0.1, -0.05) is 13.0 Å². The third kappa shape index (κ3) is 4.07. The van der Waals surface area contributed by atoms with Crippen molar-refractivity contribution in [1.29, 1.82) is 0 Å². The molecule has 0 aliphatic heterocycles. The van der Waals surface area contributed by atoms with Gasteiger partial charge in [-0.2, -0.15) is 0 Å². The van der Waals surface area contributed by atoms with E-state index in [1.807, 2.05) is 13.8 Å². The Hall–Kier alpha value is -1.55. The first-order valence-electron chi connectivity index (χ1n) is 5.61. The summed E-state index contributed by atoms with van der Waals surface area (Å²) in [5.74, 6) is 0.00360. The number of phenols is 1. The summed E-state index contributed by atoms with van der Waals surface area (Å²) in [5.41, 5.74) is 1.23. The highest BCUT2D eigenvalue weighted by molar-refractivity contribution is 5.96. The topological polar surface area (TPSA) is 58.6 Å². The number of hydrogen-bond donors (Lipinski definition) is 2. The first-order chi connectivity index (χ1) is 8.04. The van der Waals surface area contributed by atoms with Crippen molar-refractivity contribution in [2.45, 2.75) is 13.8 Å². The monoisotopic (exact) mass is 237 g/mol.